The van der Waals surface area contributed by atoms with E-state index in [1.54, 1.807) is 11.3 Å². The van der Waals surface area contributed by atoms with E-state index in [1.807, 2.05) is 11.8 Å². The first-order chi connectivity index (χ1) is 11.1. The van der Waals surface area contributed by atoms with Gasteiger partial charge in [0.15, 0.2) is 5.96 Å². The number of nitrogens with one attached hydrogen (secondary N) is 2. The van der Waals surface area contributed by atoms with Gasteiger partial charge in [-0.05, 0) is 39.9 Å². The second kappa shape index (κ2) is 10.8. The molecule has 5 nitrogen and oxygen atoms in total. The zero-order chi connectivity index (χ0) is 16.7. The summed E-state index contributed by atoms with van der Waals surface area (Å²) in [7, 11) is 0. The number of aryl methyl sites for hydroxylation is 2. The maximum atomic E-state index is 5.51. The Morgan fingerprint density at radius 3 is 2.58 bits per heavy atom. The molecule has 0 amide bonds. The Labute approximate surface area is 170 Å². The summed E-state index contributed by atoms with van der Waals surface area (Å²) in [6.07, 6.45) is 4.37. The molecule has 0 atom stereocenters. The van der Waals surface area contributed by atoms with Crippen LogP contribution in [0.25, 0.3) is 0 Å². The number of hydrogen-bond donors (Lipinski definition) is 2. The van der Waals surface area contributed by atoms with Gasteiger partial charge in [-0.15, -0.1) is 35.3 Å². The van der Waals surface area contributed by atoms with Crippen LogP contribution < -0.4 is 10.6 Å². The number of rotatable bonds is 6. The first-order valence-corrected chi connectivity index (χ1v) is 10.2. The Balaban J connectivity index is 0.00000288. The molecule has 0 bridgehead atoms. The fraction of sp³-hybridized carbons (Fsp3) is 0.750. The lowest BCUT2D eigenvalue weighted by atomic mass is 9.99. The summed E-state index contributed by atoms with van der Waals surface area (Å²) >= 11 is 3.67. The summed E-state index contributed by atoms with van der Waals surface area (Å²) in [6.45, 7) is 10.4. The van der Waals surface area contributed by atoms with E-state index in [4.69, 9.17) is 4.74 Å². The van der Waals surface area contributed by atoms with Crippen molar-refractivity contribution in [3.05, 3.63) is 15.6 Å². The monoisotopic (exact) mass is 484 g/mol. The van der Waals surface area contributed by atoms with Gasteiger partial charge in [-0.25, -0.2) is 9.98 Å². The van der Waals surface area contributed by atoms with Gasteiger partial charge in [-0.1, -0.05) is 0 Å². The van der Waals surface area contributed by atoms with Gasteiger partial charge in [0.05, 0.1) is 12.2 Å². The molecular formula is C16H29IN4OS2. The molecule has 1 aromatic heterocycles. The quantitative estimate of drug-likeness (QED) is 0.369. The fourth-order valence-electron chi connectivity index (χ4n) is 2.54. The van der Waals surface area contributed by atoms with Gasteiger partial charge >= 0.3 is 0 Å². The lowest BCUT2D eigenvalue weighted by molar-refractivity contribution is 0.0783. The maximum absolute atomic E-state index is 5.51. The highest BCUT2D eigenvalue weighted by Gasteiger charge is 2.31. The Morgan fingerprint density at radius 1 is 1.33 bits per heavy atom. The Kier molecular flexibility index (Phi) is 9.91. The third-order valence-corrected chi connectivity index (χ3v) is 6.68. The Morgan fingerprint density at radius 2 is 2.04 bits per heavy atom. The zero-order valence-electron chi connectivity index (χ0n) is 15.0. The van der Waals surface area contributed by atoms with Gasteiger partial charge in [0, 0.05) is 35.9 Å². The van der Waals surface area contributed by atoms with Crippen LogP contribution in [0.15, 0.2) is 4.99 Å². The molecule has 2 heterocycles. The normalized spacial score (nSPS) is 17.2. The molecule has 1 aliphatic heterocycles. The molecule has 1 aliphatic rings. The largest absolute Gasteiger partial charge is 0.381 e. The summed E-state index contributed by atoms with van der Waals surface area (Å²) in [5.41, 5.74) is 1.11. The molecule has 2 N–H and O–H groups in total. The van der Waals surface area contributed by atoms with Crippen LogP contribution in [0.2, 0.25) is 0 Å². The van der Waals surface area contributed by atoms with E-state index in [2.05, 4.69) is 47.6 Å². The van der Waals surface area contributed by atoms with E-state index in [1.165, 1.54) is 4.88 Å². The van der Waals surface area contributed by atoms with E-state index >= 15 is 0 Å². The van der Waals surface area contributed by atoms with Crippen LogP contribution in [0.5, 0.6) is 0 Å². The second-order valence-corrected chi connectivity index (χ2v) is 8.36. The molecule has 0 aliphatic carbocycles. The van der Waals surface area contributed by atoms with Crippen molar-refractivity contribution in [1.29, 1.82) is 0 Å². The van der Waals surface area contributed by atoms with Crippen LogP contribution >= 0.6 is 47.1 Å². The van der Waals surface area contributed by atoms with Crippen molar-refractivity contribution in [2.45, 2.75) is 44.9 Å². The lowest BCUT2D eigenvalue weighted by Gasteiger charge is -2.36. The van der Waals surface area contributed by atoms with Crippen LogP contribution in [0.3, 0.4) is 0 Å². The number of thiazole rings is 1. The van der Waals surface area contributed by atoms with Crippen LogP contribution in [-0.4, -0.2) is 48.2 Å². The third-order valence-electron chi connectivity index (χ3n) is 4.20. The van der Waals surface area contributed by atoms with Crippen molar-refractivity contribution in [3.8, 4) is 0 Å². The molecule has 1 saturated heterocycles. The van der Waals surface area contributed by atoms with E-state index in [0.29, 0.717) is 6.54 Å². The van der Waals surface area contributed by atoms with E-state index in [0.717, 1.165) is 55.8 Å². The SMILES string of the molecule is CCNC(=NCc1nc(C)c(C)s1)NCC1(SC)CCOCC1.I. The summed E-state index contributed by atoms with van der Waals surface area (Å²) < 4.78 is 5.76. The molecule has 2 rings (SSSR count). The summed E-state index contributed by atoms with van der Waals surface area (Å²) in [4.78, 5) is 10.5. The van der Waals surface area contributed by atoms with Crippen molar-refractivity contribution >= 4 is 53.0 Å². The minimum atomic E-state index is 0. The first kappa shape index (κ1) is 22.0. The van der Waals surface area contributed by atoms with Gasteiger partial charge in [-0.3, -0.25) is 0 Å². The van der Waals surface area contributed by atoms with E-state index in [9.17, 15) is 0 Å². The van der Waals surface area contributed by atoms with Gasteiger partial charge in [0.1, 0.15) is 5.01 Å². The first-order valence-electron chi connectivity index (χ1n) is 8.16. The number of guanidine groups is 1. The molecule has 138 valence electrons. The zero-order valence-corrected chi connectivity index (χ0v) is 18.9. The predicted octanol–water partition coefficient (Wildman–Crippen LogP) is 3.35. The molecular weight excluding hydrogens is 455 g/mol. The van der Waals surface area contributed by atoms with Crippen molar-refractivity contribution in [2.24, 2.45) is 4.99 Å². The second-order valence-electron chi connectivity index (χ2n) is 5.80. The topological polar surface area (TPSA) is 58.5 Å². The van der Waals surface area contributed by atoms with Crippen molar-refractivity contribution < 1.29 is 4.74 Å². The Bertz CT molecular complexity index is 511. The van der Waals surface area contributed by atoms with Gasteiger partial charge < -0.3 is 15.4 Å². The maximum Gasteiger partial charge on any atom is 0.191 e. The highest BCUT2D eigenvalue weighted by Crippen LogP contribution is 2.32. The predicted molar refractivity (Wildman–Crippen MR) is 116 cm³/mol. The summed E-state index contributed by atoms with van der Waals surface area (Å²) in [5, 5.41) is 7.92. The number of aliphatic imine (C=N–C) groups is 1. The standard InChI is InChI=1S/C16H28N4OS2.HI/c1-5-17-15(18-10-14-20-12(2)13(3)23-14)19-11-16(22-4)6-8-21-9-7-16;/h5-11H2,1-4H3,(H2,17,18,19);1H. The van der Waals surface area contributed by atoms with Crippen LogP contribution in [0.4, 0.5) is 0 Å². The van der Waals surface area contributed by atoms with Gasteiger partial charge in [-0.2, -0.15) is 11.8 Å². The molecule has 0 unspecified atom stereocenters. The summed E-state index contributed by atoms with van der Waals surface area (Å²) in [6, 6.07) is 0. The highest BCUT2D eigenvalue weighted by molar-refractivity contribution is 14.0. The summed E-state index contributed by atoms with van der Waals surface area (Å²) in [5.74, 6) is 0.873. The van der Waals surface area contributed by atoms with Gasteiger partial charge in [0.2, 0.25) is 0 Å². The number of thioether (sulfide) groups is 1. The van der Waals surface area contributed by atoms with Crippen molar-refractivity contribution in [1.82, 2.24) is 15.6 Å². The van der Waals surface area contributed by atoms with Gasteiger partial charge in [0.25, 0.3) is 0 Å². The number of hydrogen-bond acceptors (Lipinski definition) is 5. The molecule has 1 aromatic rings. The minimum absolute atomic E-state index is 0. The highest BCUT2D eigenvalue weighted by atomic mass is 127. The van der Waals surface area contributed by atoms with E-state index in [-0.39, 0.29) is 28.7 Å². The van der Waals surface area contributed by atoms with Crippen LogP contribution in [0, 0.1) is 13.8 Å². The third kappa shape index (κ3) is 6.34. The average Bonchev–Trinajstić information content (AvgIpc) is 2.89. The molecule has 24 heavy (non-hydrogen) atoms. The average molecular weight is 484 g/mol. The number of halogens is 1. The Hall–Kier alpha value is -0.0600. The van der Waals surface area contributed by atoms with Crippen molar-refractivity contribution in [2.75, 3.05) is 32.6 Å². The number of ether oxygens (including phenoxy) is 1. The van der Waals surface area contributed by atoms with Crippen molar-refractivity contribution in [3.63, 3.8) is 0 Å². The molecule has 0 saturated carbocycles. The molecule has 0 spiro atoms. The smallest absolute Gasteiger partial charge is 0.191 e. The number of nitrogens with zero attached hydrogens (tertiary/aromatic N) is 2. The molecule has 1 fully saturated rings. The van der Waals surface area contributed by atoms with Crippen LogP contribution in [0.1, 0.15) is 35.3 Å². The number of aromatic nitrogens is 1. The van der Waals surface area contributed by atoms with E-state index < -0.39 is 0 Å². The molecule has 0 radical (unpaired) electrons. The molecule has 8 heteroatoms. The lowest BCUT2D eigenvalue weighted by Crippen LogP contribution is -2.47. The fourth-order valence-corrected chi connectivity index (χ4v) is 4.19. The minimum Gasteiger partial charge on any atom is -0.381 e. The molecule has 0 aromatic carbocycles. The van der Waals surface area contributed by atoms with Crippen LogP contribution in [-0.2, 0) is 11.3 Å².